The van der Waals surface area contributed by atoms with Crippen LogP contribution in [0.5, 0.6) is 0 Å². The zero-order valence-corrected chi connectivity index (χ0v) is 18.8. The van der Waals surface area contributed by atoms with Crippen LogP contribution in [0.25, 0.3) is 22.8 Å². The summed E-state index contributed by atoms with van der Waals surface area (Å²) in [6.45, 7) is 3.19. The van der Waals surface area contributed by atoms with E-state index in [0.717, 1.165) is 10.0 Å². The lowest BCUT2D eigenvalue weighted by molar-refractivity contribution is -0.116. The highest BCUT2D eigenvalue weighted by Crippen LogP contribution is 2.24. The number of nitrogens with one attached hydrogen (secondary N) is 1. The summed E-state index contributed by atoms with van der Waals surface area (Å²) < 4.78 is 21.4. The molecule has 1 amide bonds. The predicted octanol–water partition coefficient (Wildman–Crippen LogP) is 4.72. The maximum Gasteiger partial charge on any atom is 0.264 e. The maximum atomic E-state index is 13.8. The molecule has 0 radical (unpaired) electrons. The van der Waals surface area contributed by atoms with Crippen LogP contribution in [0.1, 0.15) is 11.3 Å². The van der Waals surface area contributed by atoms with E-state index in [2.05, 4.69) is 31.4 Å². The first-order chi connectivity index (χ1) is 15.3. The summed E-state index contributed by atoms with van der Waals surface area (Å²) in [5.74, 6) is -0.679. The number of carbonyl (C=O) groups excluding carboxylic acids is 1. The standard InChI is InChI=1S/C23H18BrFN4O3/c1-13-11-14(2)29(12-19(30)26-18-6-4-3-5-17(18)25)23(31)20(13)22-27-21(28-32-22)15-7-9-16(24)10-8-15/h3-11H,12H2,1-2H3,(H,26,30). The Balaban J connectivity index is 1.66. The van der Waals surface area contributed by atoms with E-state index in [0.29, 0.717) is 17.1 Å². The number of aryl methyl sites for hydroxylation is 2. The van der Waals surface area contributed by atoms with Gasteiger partial charge in [0.05, 0.1) is 5.69 Å². The van der Waals surface area contributed by atoms with Crippen molar-refractivity contribution in [2.45, 2.75) is 20.4 Å². The number of amides is 1. The molecule has 0 atom stereocenters. The highest BCUT2D eigenvalue weighted by Gasteiger charge is 2.20. The molecule has 2 aromatic carbocycles. The van der Waals surface area contributed by atoms with Crippen molar-refractivity contribution in [3.8, 4) is 22.8 Å². The van der Waals surface area contributed by atoms with E-state index in [9.17, 15) is 14.0 Å². The fourth-order valence-electron chi connectivity index (χ4n) is 3.32. The first-order valence-corrected chi connectivity index (χ1v) is 10.5. The van der Waals surface area contributed by atoms with Crippen molar-refractivity contribution in [1.29, 1.82) is 0 Å². The fourth-order valence-corrected chi connectivity index (χ4v) is 3.59. The minimum atomic E-state index is -0.555. The number of aromatic nitrogens is 3. The molecule has 32 heavy (non-hydrogen) atoms. The number of hydrogen-bond donors (Lipinski definition) is 1. The van der Waals surface area contributed by atoms with Crippen LogP contribution in [-0.2, 0) is 11.3 Å². The molecule has 2 aromatic heterocycles. The van der Waals surface area contributed by atoms with Gasteiger partial charge in [-0.2, -0.15) is 4.98 Å². The van der Waals surface area contributed by atoms with Crippen LogP contribution in [0.2, 0.25) is 0 Å². The molecule has 162 valence electrons. The van der Waals surface area contributed by atoms with Crippen LogP contribution >= 0.6 is 15.9 Å². The van der Waals surface area contributed by atoms with Crippen molar-refractivity contribution in [2.24, 2.45) is 0 Å². The first kappa shape index (κ1) is 21.6. The van der Waals surface area contributed by atoms with Crippen molar-refractivity contribution in [2.75, 3.05) is 5.32 Å². The van der Waals surface area contributed by atoms with Gasteiger partial charge < -0.3 is 14.4 Å². The van der Waals surface area contributed by atoms with Gasteiger partial charge in [0.15, 0.2) is 0 Å². The lowest BCUT2D eigenvalue weighted by atomic mass is 10.1. The summed E-state index contributed by atoms with van der Waals surface area (Å²) in [6.07, 6.45) is 0. The molecular formula is C23H18BrFN4O3. The molecule has 0 aliphatic rings. The molecule has 4 rings (SSSR count). The second kappa shape index (κ2) is 8.88. The van der Waals surface area contributed by atoms with Crippen LogP contribution < -0.4 is 10.9 Å². The Morgan fingerprint density at radius 2 is 1.88 bits per heavy atom. The van der Waals surface area contributed by atoms with Crippen LogP contribution in [0.4, 0.5) is 10.1 Å². The molecule has 0 bridgehead atoms. The lowest BCUT2D eigenvalue weighted by Crippen LogP contribution is -2.31. The number of benzene rings is 2. The number of rotatable bonds is 5. The van der Waals surface area contributed by atoms with E-state index in [1.807, 2.05) is 24.3 Å². The molecule has 4 aromatic rings. The molecule has 0 fully saturated rings. The highest BCUT2D eigenvalue weighted by atomic mass is 79.9. The van der Waals surface area contributed by atoms with Gasteiger partial charge in [-0.25, -0.2) is 4.39 Å². The molecule has 0 spiro atoms. The molecule has 0 aliphatic carbocycles. The van der Waals surface area contributed by atoms with Crippen LogP contribution in [-0.4, -0.2) is 20.6 Å². The zero-order valence-electron chi connectivity index (χ0n) is 17.2. The number of para-hydroxylation sites is 1. The van der Waals surface area contributed by atoms with Crippen LogP contribution in [0.3, 0.4) is 0 Å². The van der Waals surface area contributed by atoms with E-state index < -0.39 is 17.3 Å². The van der Waals surface area contributed by atoms with Gasteiger partial charge in [-0.15, -0.1) is 0 Å². The van der Waals surface area contributed by atoms with Gasteiger partial charge in [-0.3, -0.25) is 9.59 Å². The zero-order chi connectivity index (χ0) is 22.8. The summed E-state index contributed by atoms with van der Waals surface area (Å²) in [5.41, 5.74) is 1.77. The van der Waals surface area contributed by atoms with Crippen LogP contribution in [0.15, 0.2) is 68.4 Å². The Labute approximate surface area is 191 Å². The third-order valence-corrected chi connectivity index (χ3v) is 5.43. The number of anilines is 1. The van der Waals surface area contributed by atoms with Crippen LogP contribution in [0, 0.1) is 19.7 Å². The number of halogens is 2. The highest BCUT2D eigenvalue weighted by molar-refractivity contribution is 9.10. The first-order valence-electron chi connectivity index (χ1n) is 9.69. The Morgan fingerprint density at radius 1 is 1.16 bits per heavy atom. The van der Waals surface area contributed by atoms with E-state index >= 15 is 0 Å². The molecule has 2 heterocycles. The minimum absolute atomic E-state index is 0.0478. The second-order valence-corrected chi connectivity index (χ2v) is 8.11. The van der Waals surface area contributed by atoms with Gasteiger partial charge in [0, 0.05) is 15.7 Å². The Hall–Kier alpha value is -3.59. The van der Waals surface area contributed by atoms with Crippen molar-refractivity contribution < 1.29 is 13.7 Å². The summed E-state index contributed by atoms with van der Waals surface area (Å²) in [5, 5.41) is 6.47. The van der Waals surface area contributed by atoms with Gasteiger partial charge in [-0.1, -0.05) is 33.2 Å². The second-order valence-electron chi connectivity index (χ2n) is 7.19. The molecule has 0 saturated heterocycles. The van der Waals surface area contributed by atoms with Gasteiger partial charge >= 0.3 is 0 Å². The number of carbonyl (C=O) groups is 1. The third kappa shape index (κ3) is 4.38. The third-order valence-electron chi connectivity index (χ3n) is 4.90. The van der Waals surface area contributed by atoms with E-state index in [-0.39, 0.29) is 23.7 Å². The summed E-state index contributed by atoms with van der Waals surface area (Å²) >= 11 is 3.38. The molecule has 0 aliphatic heterocycles. The quantitative estimate of drug-likeness (QED) is 0.431. The molecule has 1 N–H and O–H groups in total. The normalized spacial score (nSPS) is 10.9. The van der Waals surface area contributed by atoms with Crippen molar-refractivity contribution in [3.63, 3.8) is 0 Å². The predicted molar refractivity (Wildman–Crippen MR) is 122 cm³/mol. The monoisotopic (exact) mass is 496 g/mol. The summed E-state index contributed by atoms with van der Waals surface area (Å²) in [6, 6.07) is 14.9. The smallest absolute Gasteiger partial charge is 0.264 e. The molecule has 0 saturated carbocycles. The Morgan fingerprint density at radius 3 is 2.59 bits per heavy atom. The van der Waals surface area contributed by atoms with Crippen molar-refractivity contribution in [1.82, 2.24) is 14.7 Å². The van der Waals surface area contributed by atoms with Crippen molar-refractivity contribution >= 4 is 27.5 Å². The van der Waals surface area contributed by atoms with E-state index in [1.54, 1.807) is 26.0 Å². The molecule has 7 nitrogen and oxygen atoms in total. The fraction of sp³-hybridized carbons (Fsp3) is 0.130. The molecule has 0 unspecified atom stereocenters. The number of pyridine rings is 1. The topological polar surface area (TPSA) is 90.0 Å². The van der Waals surface area contributed by atoms with Gasteiger partial charge in [0.2, 0.25) is 11.7 Å². The summed E-state index contributed by atoms with van der Waals surface area (Å²) in [7, 11) is 0. The maximum absolute atomic E-state index is 13.8. The molecular weight excluding hydrogens is 479 g/mol. The number of nitrogens with zero attached hydrogens (tertiary/aromatic N) is 3. The molecule has 9 heteroatoms. The SMILES string of the molecule is Cc1cc(C)n(CC(=O)Nc2ccccc2F)c(=O)c1-c1nc(-c2ccc(Br)cc2)no1. The van der Waals surface area contributed by atoms with Crippen molar-refractivity contribution in [3.05, 3.63) is 86.5 Å². The van der Waals surface area contributed by atoms with Gasteiger partial charge in [-0.05, 0) is 61.9 Å². The largest absolute Gasteiger partial charge is 0.333 e. The average Bonchev–Trinajstić information content (AvgIpc) is 3.23. The number of hydrogen-bond acceptors (Lipinski definition) is 5. The Kier molecular flexibility index (Phi) is 6.00. The minimum Gasteiger partial charge on any atom is -0.333 e. The summed E-state index contributed by atoms with van der Waals surface area (Å²) in [4.78, 5) is 30.1. The van der Waals surface area contributed by atoms with E-state index in [4.69, 9.17) is 4.52 Å². The Bertz CT molecular complexity index is 1360. The lowest BCUT2D eigenvalue weighted by Gasteiger charge is -2.13. The average molecular weight is 497 g/mol. The van der Waals surface area contributed by atoms with E-state index in [1.165, 1.54) is 22.8 Å². The van der Waals surface area contributed by atoms with Gasteiger partial charge in [0.1, 0.15) is 17.9 Å². The van der Waals surface area contributed by atoms with Gasteiger partial charge in [0.25, 0.3) is 11.4 Å².